The van der Waals surface area contributed by atoms with Crippen LogP contribution in [0.5, 0.6) is 5.75 Å². The van der Waals surface area contributed by atoms with E-state index in [1.807, 2.05) is 22.6 Å². The molecular formula is C6H3ClF2INO. The van der Waals surface area contributed by atoms with Crippen LogP contribution in [0.1, 0.15) is 0 Å². The number of halogens is 4. The highest BCUT2D eigenvalue weighted by molar-refractivity contribution is 14.1. The monoisotopic (exact) mass is 305 g/mol. The summed E-state index contributed by atoms with van der Waals surface area (Å²) >= 11 is 7.39. The Hall–Kier alpha value is -0.170. The van der Waals surface area contributed by atoms with E-state index in [-0.39, 0.29) is 10.9 Å². The van der Waals surface area contributed by atoms with E-state index in [1.54, 1.807) is 0 Å². The summed E-state index contributed by atoms with van der Waals surface area (Å²) in [6.45, 7) is -2.87. The normalized spacial score (nSPS) is 10.4. The molecule has 0 unspecified atom stereocenters. The van der Waals surface area contributed by atoms with Crippen LogP contribution in [0.3, 0.4) is 0 Å². The smallest absolute Gasteiger partial charge is 0.387 e. The van der Waals surface area contributed by atoms with E-state index < -0.39 is 6.61 Å². The second-order valence-corrected chi connectivity index (χ2v) is 3.42. The van der Waals surface area contributed by atoms with Gasteiger partial charge in [-0.15, -0.1) is 0 Å². The molecule has 0 saturated heterocycles. The molecule has 0 amide bonds. The minimum Gasteiger partial charge on any atom is -0.431 e. The number of rotatable bonds is 2. The molecular weight excluding hydrogens is 302 g/mol. The Bertz CT molecular complexity index is 284. The molecule has 0 bridgehead atoms. The average Bonchev–Trinajstić information content (AvgIpc) is 1.96. The third-order valence-electron chi connectivity index (χ3n) is 0.990. The van der Waals surface area contributed by atoms with Crippen LogP contribution < -0.4 is 4.74 Å². The number of aromatic nitrogens is 1. The molecule has 0 aromatic carbocycles. The van der Waals surface area contributed by atoms with Gasteiger partial charge in [0.05, 0.1) is 0 Å². The second-order valence-electron chi connectivity index (χ2n) is 1.82. The molecule has 66 valence electrons. The molecule has 2 nitrogen and oxygen atoms in total. The minimum absolute atomic E-state index is 0.0595. The quantitative estimate of drug-likeness (QED) is 0.619. The highest BCUT2D eigenvalue weighted by atomic mass is 127. The number of nitrogens with zero attached hydrogens (tertiary/aromatic N) is 1. The fraction of sp³-hybridized carbons (Fsp3) is 0.167. The van der Waals surface area contributed by atoms with E-state index in [9.17, 15) is 8.78 Å². The molecule has 1 aromatic rings. The third-order valence-corrected chi connectivity index (χ3v) is 1.86. The molecule has 1 rings (SSSR count). The fourth-order valence-corrected chi connectivity index (χ4v) is 1.15. The maximum atomic E-state index is 11.7. The Kier molecular flexibility index (Phi) is 3.45. The van der Waals surface area contributed by atoms with Crippen LogP contribution >= 0.6 is 34.2 Å². The number of pyridine rings is 1. The molecule has 6 heteroatoms. The second kappa shape index (κ2) is 4.18. The van der Waals surface area contributed by atoms with Crippen LogP contribution in [-0.2, 0) is 0 Å². The lowest BCUT2D eigenvalue weighted by Crippen LogP contribution is -2.03. The topological polar surface area (TPSA) is 22.1 Å². The summed E-state index contributed by atoms with van der Waals surface area (Å²) in [6.07, 6.45) is 1.46. The molecule has 0 fully saturated rings. The van der Waals surface area contributed by atoms with Crippen molar-refractivity contribution in [1.82, 2.24) is 4.98 Å². The first-order chi connectivity index (χ1) is 5.59. The first-order valence-corrected chi connectivity index (χ1v) is 4.31. The van der Waals surface area contributed by atoms with Crippen LogP contribution in [0.25, 0.3) is 0 Å². The van der Waals surface area contributed by atoms with Gasteiger partial charge in [-0.25, -0.2) is 4.98 Å². The largest absolute Gasteiger partial charge is 0.431 e. The first-order valence-electron chi connectivity index (χ1n) is 2.85. The molecule has 0 aliphatic heterocycles. The standard InChI is InChI=1S/C6H3ClF2INO/c7-5-4(12-6(8)9)1-3(10)2-11-5/h1-2,6H. The molecule has 0 spiro atoms. The summed E-state index contributed by atoms with van der Waals surface area (Å²) in [5.41, 5.74) is 0. The lowest BCUT2D eigenvalue weighted by Gasteiger charge is -2.05. The molecule has 1 aromatic heterocycles. The molecule has 1 heterocycles. The number of ether oxygens (including phenoxy) is 1. The van der Waals surface area contributed by atoms with Crippen LogP contribution in [-0.4, -0.2) is 11.6 Å². The Morgan fingerprint density at radius 2 is 2.25 bits per heavy atom. The lowest BCUT2D eigenvalue weighted by atomic mass is 10.5. The van der Waals surface area contributed by atoms with Crippen molar-refractivity contribution in [3.05, 3.63) is 21.0 Å². The van der Waals surface area contributed by atoms with Crippen molar-refractivity contribution in [2.75, 3.05) is 0 Å². The Balaban J connectivity index is 2.90. The molecule has 12 heavy (non-hydrogen) atoms. The molecule has 0 aliphatic carbocycles. The minimum atomic E-state index is -2.87. The van der Waals surface area contributed by atoms with E-state index in [0.29, 0.717) is 3.57 Å². The maximum Gasteiger partial charge on any atom is 0.387 e. The summed E-state index contributed by atoms with van der Waals surface area (Å²) in [4.78, 5) is 3.63. The highest BCUT2D eigenvalue weighted by Gasteiger charge is 2.09. The van der Waals surface area contributed by atoms with Gasteiger partial charge in [-0.1, -0.05) is 11.6 Å². The first kappa shape index (κ1) is 9.91. The predicted molar refractivity (Wildman–Crippen MR) is 48.6 cm³/mol. The van der Waals surface area contributed by atoms with Gasteiger partial charge in [0.25, 0.3) is 0 Å². The maximum absolute atomic E-state index is 11.7. The summed E-state index contributed by atoms with van der Waals surface area (Å²) in [6, 6.07) is 1.39. The molecule has 0 aliphatic rings. The van der Waals surface area contributed by atoms with Crippen LogP contribution in [0, 0.1) is 3.57 Å². The van der Waals surface area contributed by atoms with Crippen molar-refractivity contribution in [3.63, 3.8) is 0 Å². The lowest BCUT2D eigenvalue weighted by molar-refractivity contribution is -0.0500. The zero-order chi connectivity index (χ0) is 9.14. The zero-order valence-corrected chi connectivity index (χ0v) is 8.51. The summed E-state index contributed by atoms with van der Waals surface area (Å²) in [5.74, 6) is -0.0985. The Labute approximate surface area is 86.0 Å². The third kappa shape index (κ3) is 2.71. The SMILES string of the molecule is FC(F)Oc1cc(I)cnc1Cl. The summed E-state index contributed by atoms with van der Waals surface area (Å²) < 4.78 is 28.2. The van der Waals surface area contributed by atoms with E-state index in [2.05, 4.69) is 9.72 Å². The number of hydrogen-bond acceptors (Lipinski definition) is 2. The van der Waals surface area contributed by atoms with Crippen LogP contribution in [0.4, 0.5) is 8.78 Å². The van der Waals surface area contributed by atoms with Crippen molar-refractivity contribution in [2.45, 2.75) is 6.61 Å². The molecule has 0 saturated carbocycles. The molecule has 0 atom stereocenters. The highest BCUT2D eigenvalue weighted by Crippen LogP contribution is 2.24. The van der Waals surface area contributed by atoms with Crippen molar-refractivity contribution in [3.8, 4) is 5.75 Å². The van der Waals surface area contributed by atoms with Crippen LogP contribution in [0.15, 0.2) is 12.3 Å². The van der Waals surface area contributed by atoms with Gasteiger partial charge in [0.2, 0.25) is 0 Å². The van der Waals surface area contributed by atoms with Gasteiger partial charge in [0, 0.05) is 9.77 Å². The van der Waals surface area contributed by atoms with Crippen molar-refractivity contribution in [1.29, 1.82) is 0 Å². The van der Waals surface area contributed by atoms with Crippen LogP contribution in [0.2, 0.25) is 5.15 Å². The summed E-state index contributed by atoms with van der Waals surface area (Å²) in [5, 5.41) is -0.0595. The Morgan fingerprint density at radius 1 is 1.58 bits per heavy atom. The Morgan fingerprint density at radius 3 is 2.83 bits per heavy atom. The van der Waals surface area contributed by atoms with Gasteiger partial charge in [-0.2, -0.15) is 8.78 Å². The average molecular weight is 305 g/mol. The molecule has 0 N–H and O–H groups in total. The number of hydrogen-bond donors (Lipinski definition) is 0. The summed E-state index contributed by atoms with van der Waals surface area (Å²) in [7, 11) is 0. The van der Waals surface area contributed by atoms with Gasteiger partial charge in [0.1, 0.15) is 0 Å². The van der Waals surface area contributed by atoms with E-state index in [4.69, 9.17) is 11.6 Å². The number of alkyl halides is 2. The fourth-order valence-electron chi connectivity index (χ4n) is 0.583. The van der Waals surface area contributed by atoms with Gasteiger partial charge >= 0.3 is 6.61 Å². The van der Waals surface area contributed by atoms with Gasteiger partial charge in [0.15, 0.2) is 10.9 Å². The van der Waals surface area contributed by atoms with Crippen molar-refractivity contribution in [2.24, 2.45) is 0 Å². The van der Waals surface area contributed by atoms with Crippen molar-refractivity contribution < 1.29 is 13.5 Å². The predicted octanol–water partition coefficient (Wildman–Crippen LogP) is 2.94. The van der Waals surface area contributed by atoms with Gasteiger partial charge < -0.3 is 4.74 Å². The van der Waals surface area contributed by atoms with E-state index in [0.717, 1.165) is 0 Å². The van der Waals surface area contributed by atoms with Crippen molar-refractivity contribution >= 4 is 34.2 Å². The molecule has 0 radical (unpaired) electrons. The van der Waals surface area contributed by atoms with E-state index >= 15 is 0 Å². The zero-order valence-electron chi connectivity index (χ0n) is 5.60. The van der Waals surface area contributed by atoms with Gasteiger partial charge in [-0.05, 0) is 28.7 Å². The van der Waals surface area contributed by atoms with Gasteiger partial charge in [-0.3, -0.25) is 0 Å². The van der Waals surface area contributed by atoms with E-state index in [1.165, 1.54) is 12.3 Å².